The topological polar surface area (TPSA) is 41.4 Å². The van der Waals surface area contributed by atoms with E-state index in [4.69, 9.17) is 0 Å². The summed E-state index contributed by atoms with van der Waals surface area (Å²) in [6.45, 7) is 0. The van der Waals surface area contributed by atoms with Gasteiger partial charge in [0, 0.05) is 25.3 Å². The lowest BCUT2D eigenvalue weighted by Crippen LogP contribution is -2.47. The van der Waals surface area contributed by atoms with Crippen LogP contribution < -0.4 is 4.90 Å². The molecule has 8 heteroatoms. The molecule has 0 N–H and O–H groups in total. The van der Waals surface area contributed by atoms with Crippen LogP contribution in [-0.2, 0) is 11.8 Å². The van der Waals surface area contributed by atoms with Crippen LogP contribution in [0.3, 0.4) is 0 Å². The summed E-state index contributed by atoms with van der Waals surface area (Å²) < 4.78 is 40.0. The lowest BCUT2D eigenvalue weighted by molar-refractivity contribution is -0.171. The highest BCUT2D eigenvalue weighted by Gasteiger charge is 2.47. The summed E-state index contributed by atoms with van der Waals surface area (Å²) in [6.07, 6.45) is -0.284. The van der Waals surface area contributed by atoms with Crippen molar-refractivity contribution in [1.29, 1.82) is 0 Å². The van der Waals surface area contributed by atoms with Gasteiger partial charge in [0.25, 0.3) is 0 Å². The molecule has 118 valence electrons. The molecular formula is C13H19F3N4O. The van der Waals surface area contributed by atoms with Crippen LogP contribution in [0.2, 0.25) is 0 Å². The van der Waals surface area contributed by atoms with Crippen LogP contribution in [0.25, 0.3) is 0 Å². The molecule has 1 aromatic heterocycles. The smallest absolute Gasteiger partial charge is 0.306 e. The molecular weight excluding hydrogens is 285 g/mol. The molecule has 1 heterocycles. The normalized spacial score (nSPS) is 22.8. The Balaban J connectivity index is 2.27. The number of hydrogen-bond acceptors (Lipinski definition) is 3. The van der Waals surface area contributed by atoms with E-state index in [0.29, 0.717) is 12.8 Å². The van der Waals surface area contributed by atoms with Gasteiger partial charge in [0.05, 0.1) is 11.9 Å². The van der Waals surface area contributed by atoms with Gasteiger partial charge in [-0.05, 0) is 33.4 Å². The van der Waals surface area contributed by atoms with Gasteiger partial charge in [0.15, 0.2) is 0 Å². The number of nitrogens with zero attached hydrogens (tertiary/aromatic N) is 4. The van der Waals surface area contributed by atoms with E-state index in [1.165, 1.54) is 17.1 Å². The second-order valence-corrected chi connectivity index (χ2v) is 5.63. The van der Waals surface area contributed by atoms with E-state index in [9.17, 15) is 18.0 Å². The molecule has 0 saturated heterocycles. The molecule has 1 aliphatic rings. The second-order valence-electron chi connectivity index (χ2n) is 5.63. The van der Waals surface area contributed by atoms with Gasteiger partial charge in [0.1, 0.15) is 0 Å². The predicted molar refractivity (Wildman–Crippen MR) is 71.9 cm³/mol. The molecule has 1 amide bonds. The number of rotatable bonds is 3. The summed E-state index contributed by atoms with van der Waals surface area (Å²) in [5, 5.41) is 3.87. The molecule has 1 aromatic rings. The number of anilines is 1. The van der Waals surface area contributed by atoms with Crippen molar-refractivity contribution >= 4 is 11.6 Å². The quantitative estimate of drug-likeness (QED) is 0.855. The van der Waals surface area contributed by atoms with Gasteiger partial charge in [-0.3, -0.25) is 14.4 Å². The number of aryl methyl sites for hydroxylation is 1. The molecule has 21 heavy (non-hydrogen) atoms. The van der Waals surface area contributed by atoms with Crippen molar-refractivity contribution in [2.45, 2.75) is 37.5 Å². The third-order valence-electron chi connectivity index (χ3n) is 3.90. The van der Waals surface area contributed by atoms with Crippen LogP contribution in [0.4, 0.5) is 18.9 Å². The molecule has 2 atom stereocenters. The van der Waals surface area contributed by atoms with Gasteiger partial charge in [-0.2, -0.15) is 18.3 Å². The minimum atomic E-state index is -4.88. The van der Waals surface area contributed by atoms with Crippen molar-refractivity contribution < 1.29 is 18.0 Å². The van der Waals surface area contributed by atoms with E-state index in [2.05, 4.69) is 5.10 Å². The number of aromatic nitrogens is 2. The van der Waals surface area contributed by atoms with Crippen LogP contribution in [0.1, 0.15) is 19.3 Å². The van der Waals surface area contributed by atoms with E-state index < -0.39 is 18.1 Å². The zero-order chi connectivity index (χ0) is 15.8. The standard InChI is InChI=1S/C13H19F3N4O/c1-18(2)9-4-5-10(6-9)20(12(21)13(14,15)16)11-7-17-19(3)8-11/h7-10H,4-6H2,1-3H3. The first-order chi connectivity index (χ1) is 9.70. The van der Waals surface area contributed by atoms with Crippen molar-refractivity contribution in [3.05, 3.63) is 12.4 Å². The molecule has 0 radical (unpaired) electrons. The van der Waals surface area contributed by atoms with Crippen LogP contribution in [-0.4, -0.2) is 52.9 Å². The highest BCUT2D eigenvalue weighted by Crippen LogP contribution is 2.33. The first-order valence-corrected chi connectivity index (χ1v) is 6.75. The maximum absolute atomic E-state index is 12.9. The highest BCUT2D eigenvalue weighted by atomic mass is 19.4. The van der Waals surface area contributed by atoms with E-state index in [0.717, 1.165) is 11.3 Å². The van der Waals surface area contributed by atoms with E-state index in [-0.39, 0.29) is 11.7 Å². The lowest BCUT2D eigenvalue weighted by Gasteiger charge is -2.29. The average Bonchev–Trinajstić information content (AvgIpc) is 2.98. The summed E-state index contributed by atoms with van der Waals surface area (Å²) in [4.78, 5) is 14.6. The first kappa shape index (κ1) is 15.8. The molecule has 5 nitrogen and oxygen atoms in total. The Morgan fingerprint density at radius 3 is 2.38 bits per heavy atom. The van der Waals surface area contributed by atoms with Crippen molar-refractivity contribution in [2.24, 2.45) is 7.05 Å². The zero-order valence-corrected chi connectivity index (χ0v) is 12.3. The van der Waals surface area contributed by atoms with Crippen LogP contribution in [0.15, 0.2) is 12.4 Å². The summed E-state index contributed by atoms with van der Waals surface area (Å²) in [7, 11) is 5.40. The Bertz CT molecular complexity index is 512. The van der Waals surface area contributed by atoms with Crippen molar-refractivity contribution in [1.82, 2.24) is 14.7 Å². The Labute approximate surface area is 121 Å². The Hall–Kier alpha value is -1.57. The van der Waals surface area contributed by atoms with Gasteiger partial charge in [0.2, 0.25) is 0 Å². The molecule has 2 rings (SSSR count). The number of alkyl halides is 3. The van der Waals surface area contributed by atoms with Crippen molar-refractivity contribution in [3.63, 3.8) is 0 Å². The first-order valence-electron chi connectivity index (χ1n) is 6.75. The van der Waals surface area contributed by atoms with Crippen molar-refractivity contribution in [3.8, 4) is 0 Å². The van der Waals surface area contributed by atoms with Gasteiger partial charge >= 0.3 is 12.1 Å². The highest BCUT2D eigenvalue weighted by molar-refractivity contribution is 5.97. The summed E-state index contributed by atoms with van der Waals surface area (Å²) in [6, 6.07) is -0.258. The molecule has 0 aromatic carbocycles. The predicted octanol–water partition coefficient (Wildman–Crippen LogP) is 1.80. The summed E-state index contributed by atoms with van der Waals surface area (Å²) >= 11 is 0. The summed E-state index contributed by atoms with van der Waals surface area (Å²) in [5.41, 5.74) is 0.198. The van der Waals surface area contributed by atoms with Crippen LogP contribution in [0.5, 0.6) is 0 Å². The Morgan fingerprint density at radius 2 is 1.95 bits per heavy atom. The fourth-order valence-electron chi connectivity index (χ4n) is 2.80. The molecule has 1 fully saturated rings. The minimum Gasteiger partial charge on any atom is -0.306 e. The fraction of sp³-hybridized carbons (Fsp3) is 0.692. The molecule has 1 aliphatic carbocycles. The van der Waals surface area contributed by atoms with Crippen LogP contribution >= 0.6 is 0 Å². The van der Waals surface area contributed by atoms with Crippen molar-refractivity contribution in [2.75, 3.05) is 19.0 Å². The lowest BCUT2D eigenvalue weighted by atomic mass is 10.1. The van der Waals surface area contributed by atoms with Gasteiger partial charge in [-0.15, -0.1) is 0 Å². The van der Waals surface area contributed by atoms with E-state index >= 15 is 0 Å². The van der Waals surface area contributed by atoms with Crippen LogP contribution in [0, 0.1) is 0 Å². The fourth-order valence-corrected chi connectivity index (χ4v) is 2.80. The largest absolute Gasteiger partial charge is 0.471 e. The number of carbonyl (C=O) groups excluding carboxylic acids is 1. The second kappa shape index (κ2) is 5.67. The average molecular weight is 304 g/mol. The number of amides is 1. The molecule has 0 bridgehead atoms. The number of hydrogen-bond donors (Lipinski definition) is 0. The molecule has 0 spiro atoms. The van der Waals surface area contributed by atoms with E-state index in [1.54, 1.807) is 7.05 Å². The van der Waals surface area contributed by atoms with E-state index in [1.807, 2.05) is 19.0 Å². The Morgan fingerprint density at radius 1 is 1.33 bits per heavy atom. The minimum absolute atomic E-state index is 0.190. The maximum atomic E-state index is 12.9. The molecule has 0 aliphatic heterocycles. The van der Waals surface area contributed by atoms with Gasteiger partial charge < -0.3 is 4.90 Å². The monoisotopic (exact) mass is 304 g/mol. The van der Waals surface area contributed by atoms with Gasteiger partial charge in [-0.1, -0.05) is 0 Å². The maximum Gasteiger partial charge on any atom is 0.471 e. The zero-order valence-electron chi connectivity index (χ0n) is 12.3. The number of carbonyl (C=O) groups is 1. The molecule has 1 saturated carbocycles. The summed E-state index contributed by atoms with van der Waals surface area (Å²) in [5.74, 6) is -1.82. The molecule has 2 unspecified atom stereocenters. The Kier molecular flexibility index (Phi) is 4.27. The SMILES string of the molecule is CN(C)C1CCC(N(C(=O)C(F)(F)F)c2cnn(C)c2)C1. The number of halogens is 3. The van der Waals surface area contributed by atoms with Gasteiger partial charge in [-0.25, -0.2) is 0 Å². The third-order valence-corrected chi connectivity index (χ3v) is 3.90. The third kappa shape index (κ3) is 3.37.